The van der Waals surface area contributed by atoms with Gasteiger partial charge >= 0.3 is 0 Å². The van der Waals surface area contributed by atoms with Crippen LogP contribution in [0.25, 0.3) is 0 Å². The topological polar surface area (TPSA) is 67.2 Å². The van der Waals surface area contributed by atoms with E-state index in [0.29, 0.717) is 5.56 Å². The third-order valence-electron chi connectivity index (χ3n) is 2.33. The van der Waals surface area contributed by atoms with Crippen molar-refractivity contribution in [1.82, 2.24) is 15.8 Å². The predicted molar refractivity (Wildman–Crippen MR) is 49.9 cm³/mol. The summed E-state index contributed by atoms with van der Waals surface area (Å²) >= 11 is 0. The molecule has 14 heavy (non-hydrogen) atoms. The van der Waals surface area contributed by atoms with Crippen molar-refractivity contribution in [2.24, 2.45) is 0 Å². The Morgan fingerprint density at radius 1 is 1.71 bits per heavy atom. The maximum atomic E-state index is 11.5. The summed E-state index contributed by atoms with van der Waals surface area (Å²) < 4.78 is 4.60. The molecule has 1 saturated heterocycles. The average molecular weight is 195 g/mol. The minimum Gasteiger partial charge on any atom is -0.364 e. The average Bonchev–Trinajstić information content (AvgIpc) is 2.72. The lowest BCUT2D eigenvalue weighted by atomic mass is 10.1. The van der Waals surface area contributed by atoms with E-state index in [9.17, 15) is 4.79 Å². The van der Waals surface area contributed by atoms with Gasteiger partial charge in [0.05, 0.1) is 11.8 Å². The summed E-state index contributed by atoms with van der Waals surface area (Å²) in [5, 5.41) is 9.64. The third kappa shape index (κ3) is 2.11. The first kappa shape index (κ1) is 9.21. The zero-order chi connectivity index (χ0) is 9.80. The summed E-state index contributed by atoms with van der Waals surface area (Å²) in [6.45, 7) is 1.89. The fourth-order valence-corrected chi connectivity index (χ4v) is 1.56. The van der Waals surface area contributed by atoms with Crippen LogP contribution in [0.2, 0.25) is 0 Å². The first-order chi connectivity index (χ1) is 6.86. The van der Waals surface area contributed by atoms with Crippen molar-refractivity contribution in [2.75, 3.05) is 13.1 Å². The van der Waals surface area contributed by atoms with Crippen LogP contribution in [0.5, 0.6) is 0 Å². The van der Waals surface area contributed by atoms with Crippen LogP contribution in [0.3, 0.4) is 0 Å². The monoisotopic (exact) mass is 195 g/mol. The van der Waals surface area contributed by atoms with Crippen molar-refractivity contribution in [3.8, 4) is 0 Å². The Kier molecular flexibility index (Phi) is 2.78. The highest BCUT2D eigenvalue weighted by Crippen LogP contribution is 2.03. The van der Waals surface area contributed by atoms with E-state index >= 15 is 0 Å². The second kappa shape index (κ2) is 4.23. The maximum Gasteiger partial charge on any atom is 0.256 e. The number of nitrogens with zero attached hydrogens (tertiary/aromatic N) is 1. The molecular weight excluding hydrogens is 182 g/mol. The van der Waals surface area contributed by atoms with E-state index in [1.54, 1.807) is 0 Å². The van der Waals surface area contributed by atoms with Crippen molar-refractivity contribution < 1.29 is 9.32 Å². The van der Waals surface area contributed by atoms with Crippen LogP contribution in [-0.4, -0.2) is 30.2 Å². The highest BCUT2D eigenvalue weighted by Gasteiger charge is 2.16. The minimum atomic E-state index is -0.111. The van der Waals surface area contributed by atoms with Gasteiger partial charge in [-0.3, -0.25) is 4.79 Å². The normalized spacial score (nSPS) is 21.9. The van der Waals surface area contributed by atoms with E-state index < -0.39 is 0 Å². The fraction of sp³-hybridized carbons (Fsp3) is 0.556. The molecule has 1 unspecified atom stereocenters. The van der Waals surface area contributed by atoms with E-state index in [1.165, 1.54) is 12.5 Å². The summed E-state index contributed by atoms with van der Waals surface area (Å²) in [5.74, 6) is -0.111. The van der Waals surface area contributed by atoms with Crippen LogP contribution < -0.4 is 10.6 Å². The lowest BCUT2D eigenvalue weighted by Crippen LogP contribution is -2.45. The molecule has 0 saturated carbocycles. The minimum absolute atomic E-state index is 0.111. The van der Waals surface area contributed by atoms with Crippen molar-refractivity contribution in [1.29, 1.82) is 0 Å². The van der Waals surface area contributed by atoms with Crippen LogP contribution in [0, 0.1) is 0 Å². The van der Waals surface area contributed by atoms with Crippen LogP contribution in [0.1, 0.15) is 23.2 Å². The van der Waals surface area contributed by atoms with E-state index in [2.05, 4.69) is 20.3 Å². The molecule has 2 N–H and O–H groups in total. The van der Waals surface area contributed by atoms with Gasteiger partial charge in [-0.05, 0) is 19.4 Å². The number of carbonyl (C=O) groups is 1. The van der Waals surface area contributed by atoms with Gasteiger partial charge in [0, 0.05) is 12.6 Å². The summed E-state index contributed by atoms with van der Waals surface area (Å²) in [4.78, 5) is 11.5. The Morgan fingerprint density at radius 2 is 2.64 bits per heavy atom. The van der Waals surface area contributed by atoms with Crippen molar-refractivity contribution in [3.63, 3.8) is 0 Å². The molecule has 2 heterocycles. The molecular formula is C9H13N3O2. The number of aromatic nitrogens is 1. The number of rotatable bonds is 2. The van der Waals surface area contributed by atoms with Gasteiger partial charge in [-0.15, -0.1) is 0 Å². The summed E-state index contributed by atoms with van der Waals surface area (Å²) in [6.07, 6.45) is 4.91. The van der Waals surface area contributed by atoms with Gasteiger partial charge in [-0.25, -0.2) is 0 Å². The molecule has 76 valence electrons. The molecule has 1 atom stereocenters. The van der Waals surface area contributed by atoms with Gasteiger partial charge in [0.1, 0.15) is 6.26 Å². The van der Waals surface area contributed by atoms with Gasteiger partial charge in [0.15, 0.2) is 0 Å². The summed E-state index contributed by atoms with van der Waals surface area (Å²) in [5.41, 5.74) is 0.482. The van der Waals surface area contributed by atoms with Gasteiger partial charge in [0.25, 0.3) is 5.91 Å². The van der Waals surface area contributed by atoms with Crippen LogP contribution >= 0.6 is 0 Å². The van der Waals surface area contributed by atoms with Crippen LogP contribution in [0.4, 0.5) is 0 Å². The van der Waals surface area contributed by atoms with Gasteiger partial charge in [-0.2, -0.15) is 0 Å². The highest BCUT2D eigenvalue weighted by atomic mass is 16.5. The number of hydrogen-bond acceptors (Lipinski definition) is 4. The summed E-state index contributed by atoms with van der Waals surface area (Å²) in [6, 6.07) is 0.228. The van der Waals surface area contributed by atoms with Crippen LogP contribution in [-0.2, 0) is 0 Å². The Morgan fingerprint density at radius 3 is 3.29 bits per heavy atom. The Balaban J connectivity index is 1.87. The van der Waals surface area contributed by atoms with E-state index in [0.717, 1.165) is 25.9 Å². The van der Waals surface area contributed by atoms with Crippen molar-refractivity contribution in [3.05, 3.63) is 18.0 Å². The Bertz CT molecular complexity index is 291. The van der Waals surface area contributed by atoms with Gasteiger partial charge in [-0.1, -0.05) is 5.16 Å². The lowest BCUT2D eigenvalue weighted by Gasteiger charge is -2.23. The second-order valence-electron chi connectivity index (χ2n) is 3.43. The molecule has 1 fully saturated rings. The molecule has 1 aliphatic rings. The van der Waals surface area contributed by atoms with E-state index in [1.807, 2.05) is 0 Å². The third-order valence-corrected chi connectivity index (χ3v) is 2.33. The number of nitrogens with one attached hydrogen (secondary N) is 2. The van der Waals surface area contributed by atoms with Gasteiger partial charge < -0.3 is 15.2 Å². The molecule has 5 nitrogen and oxygen atoms in total. The Labute approximate surface area is 81.8 Å². The number of piperidine rings is 1. The summed E-state index contributed by atoms with van der Waals surface area (Å²) in [7, 11) is 0. The molecule has 0 spiro atoms. The zero-order valence-corrected chi connectivity index (χ0v) is 7.82. The molecule has 1 aliphatic heterocycles. The molecule has 0 radical (unpaired) electrons. The molecule has 5 heteroatoms. The van der Waals surface area contributed by atoms with Gasteiger partial charge in [0.2, 0.25) is 0 Å². The smallest absolute Gasteiger partial charge is 0.256 e. The first-order valence-electron chi connectivity index (χ1n) is 4.77. The predicted octanol–water partition coefficient (Wildman–Crippen LogP) is 0.156. The number of amides is 1. The molecule has 0 aliphatic carbocycles. The molecule has 0 bridgehead atoms. The molecule has 1 amide bonds. The van der Waals surface area contributed by atoms with Crippen molar-refractivity contribution >= 4 is 5.91 Å². The number of carbonyl (C=O) groups excluding carboxylic acids is 1. The maximum absolute atomic E-state index is 11.5. The highest BCUT2D eigenvalue weighted by molar-refractivity contribution is 5.93. The second-order valence-corrected chi connectivity index (χ2v) is 3.43. The molecule has 2 rings (SSSR count). The largest absolute Gasteiger partial charge is 0.364 e. The van der Waals surface area contributed by atoms with Crippen molar-refractivity contribution in [2.45, 2.75) is 18.9 Å². The zero-order valence-electron chi connectivity index (χ0n) is 7.82. The lowest BCUT2D eigenvalue weighted by molar-refractivity contribution is 0.0930. The first-order valence-corrected chi connectivity index (χ1v) is 4.77. The fourth-order valence-electron chi connectivity index (χ4n) is 1.56. The SMILES string of the molecule is O=C(NC1CCCNC1)c1cnoc1. The molecule has 1 aromatic heterocycles. The quantitative estimate of drug-likeness (QED) is 0.705. The molecule has 1 aromatic rings. The number of hydrogen-bond donors (Lipinski definition) is 2. The molecule has 0 aromatic carbocycles. The van der Waals surface area contributed by atoms with Crippen LogP contribution in [0.15, 0.2) is 17.0 Å². The van der Waals surface area contributed by atoms with E-state index in [4.69, 9.17) is 0 Å². The Hall–Kier alpha value is -1.36. The standard InChI is InChI=1S/C9H13N3O2/c13-9(7-4-11-14-6-7)12-8-2-1-3-10-5-8/h4,6,8,10H,1-3,5H2,(H,12,13). The van der Waals surface area contributed by atoms with E-state index in [-0.39, 0.29) is 11.9 Å².